The van der Waals surface area contributed by atoms with Gasteiger partial charge in [-0.05, 0) is 78.0 Å². The molecule has 2 heterocycles. The number of nitrogens with one attached hydrogen (secondary N) is 1. The third-order valence-corrected chi connectivity index (χ3v) is 8.13. The predicted molar refractivity (Wildman–Crippen MR) is 153 cm³/mol. The van der Waals surface area contributed by atoms with Gasteiger partial charge in [-0.15, -0.1) is 0 Å². The maximum Gasteiger partial charge on any atom is 0.163 e. The second-order valence-corrected chi connectivity index (χ2v) is 11.7. The molecule has 0 amide bonds. The van der Waals surface area contributed by atoms with Crippen LogP contribution in [0.25, 0.3) is 17.0 Å². The summed E-state index contributed by atoms with van der Waals surface area (Å²) < 4.78 is 19.7. The van der Waals surface area contributed by atoms with Crippen molar-refractivity contribution >= 4 is 28.7 Å². The Kier molecular flexibility index (Phi) is 8.78. The number of alkyl halides is 1. The molecule has 8 heteroatoms. The summed E-state index contributed by atoms with van der Waals surface area (Å²) in [5, 5.41) is 19.1. The molecule has 1 spiro atoms. The van der Waals surface area contributed by atoms with Gasteiger partial charge < -0.3 is 20.2 Å². The number of ether oxygens (including phenoxy) is 1. The van der Waals surface area contributed by atoms with Crippen molar-refractivity contribution in [2.75, 3.05) is 24.6 Å². The zero-order valence-corrected chi connectivity index (χ0v) is 24.0. The summed E-state index contributed by atoms with van der Waals surface area (Å²) in [7, 11) is 0. The lowest BCUT2D eigenvalue weighted by Gasteiger charge is -2.53. The van der Waals surface area contributed by atoms with Crippen LogP contribution in [0, 0.1) is 17.7 Å². The van der Waals surface area contributed by atoms with Crippen molar-refractivity contribution in [3.63, 3.8) is 0 Å². The van der Waals surface area contributed by atoms with E-state index in [2.05, 4.69) is 4.90 Å². The number of aromatic nitrogens is 2. The normalized spacial score (nSPS) is 17.7. The number of aliphatic hydroxyl groups is 1. The van der Waals surface area contributed by atoms with Gasteiger partial charge >= 0.3 is 0 Å². The fraction of sp³-hybridized carbons (Fsp3) is 0.567. The molecule has 1 aromatic heterocycles. The highest BCUT2D eigenvalue weighted by Gasteiger charge is 2.46. The topological polar surface area (TPSA) is 82.3 Å². The Hall–Kier alpha value is -2.51. The summed E-state index contributed by atoms with van der Waals surface area (Å²) >= 11 is 6.66. The quantitative estimate of drug-likeness (QED) is 0.327. The van der Waals surface area contributed by atoms with Crippen LogP contribution in [-0.2, 0) is 0 Å². The van der Waals surface area contributed by atoms with Crippen molar-refractivity contribution in [1.82, 2.24) is 9.97 Å². The van der Waals surface area contributed by atoms with E-state index in [0.29, 0.717) is 47.1 Å². The van der Waals surface area contributed by atoms with Gasteiger partial charge in [-0.25, -0.2) is 14.4 Å². The molecule has 2 aromatic rings. The van der Waals surface area contributed by atoms with E-state index in [1.165, 1.54) is 0 Å². The van der Waals surface area contributed by atoms with Crippen LogP contribution in [0.4, 0.5) is 10.2 Å². The second kappa shape index (κ2) is 11.7. The van der Waals surface area contributed by atoms with Gasteiger partial charge in [-0.3, -0.25) is 0 Å². The molecule has 206 valence electrons. The second-order valence-electron chi connectivity index (χ2n) is 11.3. The van der Waals surface area contributed by atoms with Gasteiger partial charge in [0.05, 0.1) is 16.8 Å². The van der Waals surface area contributed by atoms with E-state index in [-0.39, 0.29) is 12.0 Å². The Morgan fingerprint density at radius 3 is 2.53 bits per heavy atom. The van der Waals surface area contributed by atoms with Crippen LogP contribution >= 0.6 is 11.6 Å². The van der Waals surface area contributed by atoms with Crippen LogP contribution in [0.1, 0.15) is 77.5 Å². The van der Waals surface area contributed by atoms with E-state index in [1.54, 1.807) is 19.1 Å². The van der Waals surface area contributed by atoms with E-state index >= 15 is 0 Å². The van der Waals surface area contributed by atoms with E-state index in [9.17, 15) is 9.50 Å². The van der Waals surface area contributed by atoms with Crippen LogP contribution in [0.2, 0.25) is 5.02 Å². The molecule has 38 heavy (non-hydrogen) atoms. The largest absolute Gasteiger partial charge is 0.491 e. The Morgan fingerprint density at radius 2 is 1.92 bits per heavy atom. The van der Waals surface area contributed by atoms with Crippen molar-refractivity contribution in [3.05, 3.63) is 40.1 Å². The summed E-state index contributed by atoms with van der Waals surface area (Å²) in [5.41, 5.74) is 4.70. The van der Waals surface area contributed by atoms with Crippen LogP contribution in [0.3, 0.4) is 0 Å². The van der Waals surface area contributed by atoms with Crippen LogP contribution in [0.15, 0.2) is 23.8 Å². The standard InChI is InChI=1S/C30H40ClFN4O2/c1-6-7-22(37)15-38-23-8-9-25(31)24(14-23)28-34-27(26(18(2)3)20(5)33)19(4)29(35-28)36-16-30(17-36)12-10-21(32)11-13-30/h8-9,14,21-22,33,37H,6-7,10-13,15-17H2,1-5H3/t22-/m1/s1. The minimum absolute atomic E-state index is 0.155. The monoisotopic (exact) mass is 542 g/mol. The molecular weight excluding hydrogens is 503 g/mol. The Labute approximate surface area is 230 Å². The average Bonchev–Trinajstić information content (AvgIpc) is 2.84. The minimum Gasteiger partial charge on any atom is -0.491 e. The maximum atomic E-state index is 13.8. The van der Waals surface area contributed by atoms with Crippen LogP contribution < -0.4 is 9.64 Å². The van der Waals surface area contributed by atoms with Gasteiger partial charge in [0.15, 0.2) is 5.82 Å². The number of allylic oxidation sites excluding steroid dienone is 2. The third kappa shape index (κ3) is 6.04. The van der Waals surface area contributed by atoms with Gasteiger partial charge in [0, 0.05) is 40.9 Å². The molecule has 1 saturated heterocycles. The molecule has 4 rings (SSSR count). The molecule has 2 fully saturated rings. The fourth-order valence-corrected chi connectivity index (χ4v) is 5.97. The number of aliphatic hydroxyl groups excluding tert-OH is 1. The van der Waals surface area contributed by atoms with Crippen molar-refractivity contribution in [1.29, 1.82) is 5.41 Å². The number of rotatable bonds is 9. The highest BCUT2D eigenvalue weighted by atomic mass is 35.5. The molecule has 1 aliphatic carbocycles. The average molecular weight is 543 g/mol. The number of benzene rings is 1. The van der Waals surface area contributed by atoms with E-state index < -0.39 is 12.3 Å². The predicted octanol–water partition coefficient (Wildman–Crippen LogP) is 7.20. The number of hydrogen-bond donors (Lipinski definition) is 2. The zero-order valence-electron chi connectivity index (χ0n) is 23.2. The molecule has 1 saturated carbocycles. The van der Waals surface area contributed by atoms with Gasteiger partial charge in [0.2, 0.25) is 0 Å². The Morgan fingerprint density at radius 1 is 1.24 bits per heavy atom. The molecule has 1 aromatic carbocycles. The lowest BCUT2D eigenvalue weighted by atomic mass is 9.68. The van der Waals surface area contributed by atoms with Crippen LogP contribution in [0.5, 0.6) is 5.75 Å². The molecule has 0 unspecified atom stereocenters. The molecule has 0 radical (unpaired) electrons. The number of halogens is 2. The maximum absolute atomic E-state index is 13.8. The van der Waals surface area contributed by atoms with Crippen molar-refractivity contribution in [2.24, 2.45) is 5.41 Å². The summed E-state index contributed by atoms with van der Waals surface area (Å²) in [6.45, 7) is 11.7. The van der Waals surface area contributed by atoms with E-state index in [4.69, 9.17) is 31.7 Å². The first-order valence-corrected chi connectivity index (χ1v) is 14.0. The lowest BCUT2D eigenvalue weighted by Crippen LogP contribution is -2.58. The van der Waals surface area contributed by atoms with Gasteiger partial charge in [-0.2, -0.15) is 0 Å². The smallest absolute Gasteiger partial charge is 0.163 e. The molecule has 2 aliphatic rings. The first-order valence-electron chi connectivity index (χ1n) is 13.7. The highest BCUT2D eigenvalue weighted by molar-refractivity contribution is 6.33. The molecular formula is C30H40ClFN4O2. The third-order valence-electron chi connectivity index (χ3n) is 7.80. The molecule has 1 atom stereocenters. The zero-order chi connectivity index (χ0) is 27.6. The molecule has 6 nitrogen and oxygen atoms in total. The van der Waals surface area contributed by atoms with E-state index in [1.807, 2.05) is 33.8 Å². The summed E-state index contributed by atoms with van der Waals surface area (Å²) in [4.78, 5) is 12.2. The first kappa shape index (κ1) is 28.5. The number of nitrogens with zero attached hydrogens (tertiary/aromatic N) is 3. The molecule has 1 aliphatic heterocycles. The van der Waals surface area contributed by atoms with Gasteiger partial charge in [-0.1, -0.05) is 30.5 Å². The SMILES string of the molecule is CCC[C@@H](O)COc1ccc(Cl)c(-c2nc(C(C(C)=N)=C(C)C)c(C)c(N3CC4(CCC(F)CC4)C3)n2)c1. The van der Waals surface area contributed by atoms with Crippen molar-refractivity contribution in [3.8, 4) is 17.1 Å². The number of anilines is 1. The Balaban J connectivity index is 1.74. The molecule has 2 N–H and O–H groups in total. The highest BCUT2D eigenvalue weighted by Crippen LogP contribution is 2.47. The molecule has 0 bridgehead atoms. The summed E-state index contributed by atoms with van der Waals surface area (Å²) in [6, 6.07) is 5.36. The fourth-order valence-electron chi connectivity index (χ4n) is 5.76. The summed E-state index contributed by atoms with van der Waals surface area (Å²) in [6.07, 6.45) is 3.43. The number of hydrogen-bond acceptors (Lipinski definition) is 6. The Bertz CT molecular complexity index is 1210. The van der Waals surface area contributed by atoms with E-state index in [0.717, 1.165) is 60.6 Å². The van der Waals surface area contributed by atoms with Crippen molar-refractivity contribution < 1.29 is 14.2 Å². The first-order chi connectivity index (χ1) is 18.0. The lowest BCUT2D eigenvalue weighted by molar-refractivity contribution is 0.0900. The summed E-state index contributed by atoms with van der Waals surface area (Å²) in [5.74, 6) is 1.89. The van der Waals surface area contributed by atoms with Crippen LogP contribution in [-0.4, -0.2) is 52.8 Å². The van der Waals surface area contributed by atoms with Crippen molar-refractivity contribution in [2.45, 2.75) is 85.4 Å². The van der Waals surface area contributed by atoms with Gasteiger partial charge in [0.1, 0.15) is 24.3 Å². The minimum atomic E-state index is -0.677. The van der Waals surface area contributed by atoms with Gasteiger partial charge in [0.25, 0.3) is 0 Å².